The Morgan fingerprint density at radius 3 is 2.86 bits per heavy atom. The second-order valence-electron chi connectivity index (χ2n) is 2.81. The van der Waals surface area contributed by atoms with E-state index in [2.05, 4.69) is 20.9 Å². The summed E-state index contributed by atoms with van der Waals surface area (Å²) in [6.07, 6.45) is 0. The zero-order valence-corrected chi connectivity index (χ0v) is 9.19. The average molecular weight is 275 g/mol. The lowest BCUT2D eigenvalue weighted by atomic mass is 10.2. The van der Waals surface area contributed by atoms with Crippen molar-refractivity contribution < 1.29 is 9.90 Å². The lowest BCUT2D eigenvalue weighted by Crippen LogP contribution is -1.94. The average Bonchev–Trinajstić information content (AvgIpc) is 2.56. The molecule has 0 radical (unpaired) electrons. The summed E-state index contributed by atoms with van der Waals surface area (Å²) >= 11 is 9.24. The highest BCUT2D eigenvalue weighted by Crippen LogP contribution is 2.30. The van der Waals surface area contributed by atoms with E-state index in [4.69, 9.17) is 16.7 Å². The van der Waals surface area contributed by atoms with Crippen LogP contribution in [0.4, 0.5) is 0 Å². The number of aromatic carboxylic acids is 1. The van der Waals surface area contributed by atoms with Crippen molar-refractivity contribution in [3.63, 3.8) is 0 Å². The molecule has 0 unspecified atom stereocenters. The van der Waals surface area contributed by atoms with Crippen molar-refractivity contribution in [2.75, 3.05) is 0 Å². The van der Waals surface area contributed by atoms with E-state index in [-0.39, 0.29) is 5.69 Å². The Morgan fingerprint density at radius 1 is 1.50 bits per heavy atom. The van der Waals surface area contributed by atoms with Gasteiger partial charge in [-0.25, -0.2) is 4.79 Å². The lowest BCUT2D eigenvalue weighted by molar-refractivity contribution is 0.0691. The minimum absolute atomic E-state index is 0.139. The largest absolute Gasteiger partial charge is 0.477 e. The molecule has 0 atom stereocenters. The van der Waals surface area contributed by atoms with Crippen LogP contribution in [0.25, 0.3) is 10.9 Å². The molecule has 2 aromatic rings. The number of aromatic amines is 1. The molecule has 1 aromatic heterocycles. The quantitative estimate of drug-likeness (QED) is 0.838. The van der Waals surface area contributed by atoms with Gasteiger partial charge in [-0.05, 0) is 28.1 Å². The predicted octanol–water partition coefficient (Wildman–Crippen LogP) is 3.28. The van der Waals surface area contributed by atoms with Gasteiger partial charge in [-0.1, -0.05) is 17.7 Å². The molecule has 0 fully saturated rings. The van der Waals surface area contributed by atoms with Crippen molar-refractivity contribution in [1.82, 2.24) is 4.98 Å². The van der Waals surface area contributed by atoms with Crippen LogP contribution in [0.5, 0.6) is 0 Å². The van der Waals surface area contributed by atoms with Gasteiger partial charge >= 0.3 is 5.97 Å². The summed E-state index contributed by atoms with van der Waals surface area (Å²) in [7, 11) is 0. The lowest BCUT2D eigenvalue weighted by Gasteiger charge is -1.96. The number of halogens is 2. The fourth-order valence-electron chi connectivity index (χ4n) is 1.25. The highest BCUT2D eigenvalue weighted by atomic mass is 79.9. The van der Waals surface area contributed by atoms with E-state index in [1.54, 1.807) is 18.2 Å². The van der Waals surface area contributed by atoms with Crippen molar-refractivity contribution in [3.8, 4) is 0 Å². The number of fused-ring (bicyclic) bond motifs is 1. The van der Waals surface area contributed by atoms with Gasteiger partial charge in [-0.3, -0.25) is 0 Å². The molecule has 0 saturated heterocycles. The minimum Gasteiger partial charge on any atom is -0.477 e. The van der Waals surface area contributed by atoms with Crippen LogP contribution >= 0.6 is 27.5 Å². The number of carboxylic acid groups (broad SMARTS) is 1. The molecule has 0 saturated carbocycles. The number of hydrogen-bond donors (Lipinski definition) is 2. The Morgan fingerprint density at radius 2 is 2.21 bits per heavy atom. The first-order chi connectivity index (χ1) is 6.59. The van der Waals surface area contributed by atoms with Gasteiger partial charge in [0.25, 0.3) is 0 Å². The number of H-pyrrole nitrogens is 1. The first-order valence-corrected chi connectivity index (χ1v) is 4.96. The molecule has 0 bridgehead atoms. The van der Waals surface area contributed by atoms with E-state index in [0.29, 0.717) is 10.5 Å². The third-order valence-electron chi connectivity index (χ3n) is 1.92. The van der Waals surface area contributed by atoms with Crippen molar-refractivity contribution >= 4 is 44.4 Å². The molecular weight excluding hydrogens is 269 g/mol. The van der Waals surface area contributed by atoms with Crippen LogP contribution in [0, 0.1) is 0 Å². The van der Waals surface area contributed by atoms with E-state index in [1.165, 1.54) is 0 Å². The second-order valence-corrected chi connectivity index (χ2v) is 4.05. The number of rotatable bonds is 1. The smallest absolute Gasteiger partial charge is 0.352 e. The van der Waals surface area contributed by atoms with Crippen LogP contribution in [0.15, 0.2) is 22.7 Å². The van der Waals surface area contributed by atoms with Crippen molar-refractivity contribution in [3.05, 3.63) is 33.4 Å². The molecule has 1 aromatic carbocycles. The number of nitrogens with one attached hydrogen (secondary N) is 1. The summed E-state index contributed by atoms with van der Waals surface area (Å²) in [6.45, 7) is 0. The summed E-state index contributed by atoms with van der Waals surface area (Å²) in [5.74, 6) is -0.992. The SMILES string of the molecule is O=C(O)c1cc2ccc(Br)c(Cl)c2[nH]1. The molecule has 2 rings (SSSR count). The molecule has 0 aliphatic carbocycles. The predicted molar refractivity (Wildman–Crippen MR) is 58.0 cm³/mol. The molecular formula is C9H5BrClNO2. The number of hydrogen-bond acceptors (Lipinski definition) is 1. The Kier molecular flexibility index (Phi) is 2.25. The molecule has 2 N–H and O–H groups in total. The molecule has 72 valence electrons. The molecule has 0 spiro atoms. The minimum atomic E-state index is -0.992. The second kappa shape index (κ2) is 3.29. The number of carboxylic acids is 1. The van der Waals surface area contributed by atoms with E-state index in [1.807, 2.05) is 0 Å². The van der Waals surface area contributed by atoms with Gasteiger partial charge in [0.1, 0.15) is 5.69 Å². The Labute approximate surface area is 92.8 Å². The third-order valence-corrected chi connectivity index (χ3v) is 3.20. The monoisotopic (exact) mass is 273 g/mol. The maximum atomic E-state index is 10.7. The van der Waals surface area contributed by atoms with Crippen LogP contribution < -0.4 is 0 Å². The van der Waals surface area contributed by atoms with E-state index >= 15 is 0 Å². The summed E-state index contributed by atoms with van der Waals surface area (Å²) in [5.41, 5.74) is 0.776. The van der Waals surface area contributed by atoms with Crippen LogP contribution in [-0.4, -0.2) is 16.1 Å². The summed E-state index contributed by atoms with van der Waals surface area (Å²) < 4.78 is 0.741. The maximum Gasteiger partial charge on any atom is 0.352 e. The van der Waals surface area contributed by atoms with Crippen LogP contribution in [0.3, 0.4) is 0 Å². The highest BCUT2D eigenvalue weighted by molar-refractivity contribution is 9.10. The van der Waals surface area contributed by atoms with Crippen molar-refractivity contribution in [2.45, 2.75) is 0 Å². The summed E-state index contributed by atoms with van der Waals surface area (Å²) in [6, 6.07) is 5.13. The molecule has 0 aliphatic rings. The molecule has 0 aliphatic heterocycles. The van der Waals surface area contributed by atoms with Gasteiger partial charge in [0, 0.05) is 9.86 Å². The van der Waals surface area contributed by atoms with Crippen molar-refractivity contribution in [2.24, 2.45) is 0 Å². The van der Waals surface area contributed by atoms with Crippen LogP contribution in [0.2, 0.25) is 5.02 Å². The first-order valence-electron chi connectivity index (χ1n) is 3.79. The maximum absolute atomic E-state index is 10.7. The summed E-state index contributed by atoms with van der Waals surface area (Å²) in [4.78, 5) is 13.4. The Balaban J connectivity index is 2.77. The van der Waals surface area contributed by atoms with Gasteiger partial charge in [0.15, 0.2) is 0 Å². The van der Waals surface area contributed by atoms with Crippen LogP contribution in [0.1, 0.15) is 10.5 Å². The third kappa shape index (κ3) is 1.40. The Bertz CT molecular complexity index is 521. The summed E-state index contributed by atoms with van der Waals surface area (Å²) in [5, 5.41) is 10.0. The highest BCUT2D eigenvalue weighted by Gasteiger charge is 2.10. The molecule has 0 amide bonds. The topological polar surface area (TPSA) is 53.1 Å². The van der Waals surface area contributed by atoms with Gasteiger partial charge in [0.05, 0.1) is 10.5 Å². The normalized spacial score (nSPS) is 10.7. The van der Waals surface area contributed by atoms with E-state index in [0.717, 1.165) is 9.86 Å². The van der Waals surface area contributed by atoms with Crippen molar-refractivity contribution in [1.29, 1.82) is 0 Å². The van der Waals surface area contributed by atoms with E-state index < -0.39 is 5.97 Å². The van der Waals surface area contributed by atoms with E-state index in [9.17, 15) is 4.79 Å². The fraction of sp³-hybridized carbons (Fsp3) is 0. The fourth-order valence-corrected chi connectivity index (χ4v) is 1.80. The van der Waals surface area contributed by atoms with Crippen LogP contribution in [-0.2, 0) is 0 Å². The standard InChI is InChI=1S/C9H5BrClNO2/c10-5-2-1-4-3-6(9(13)14)12-8(4)7(5)11/h1-3,12H,(H,13,14). The first kappa shape index (κ1) is 9.55. The zero-order chi connectivity index (χ0) is 10.3. The van der Waals surface area contributed by atoms with Gasteiger partial charge < -0.3 is 10.1 Å². The molecule has 3 nitrogen and oxygen atoms in total. The zero-order valence-electron chi connectivity index (χ0n) is 6.84. The molecule has 1 heterocycles. The molecule has 14 heavy (non-hydrogen) atoms. The Hall–Kier alpha value is -1.00. The van der Waals surface area contributed by atoms with Gasteiger partial charge in [-0.2, -0.15) is 0 Å². The van der Waals surface area contributed by atoms with Gasteiger partial charge in [-0.15, -0.1) is 0 Å². The van der Waals surface area contributed by atoms with Gasteiger partial charge in [0.2, 0.25) is 0 Å². The molecule has 5 heteroatoms. The number of benzene rings is 1. The number of aromatic nitrogens is 1. The number of carbonyl (C=O) groups is 1.